The predicted octanol–water partition coefficient (Wildman–Crippen LogP) is 3.09. The average molecular weight is 306 g/mol. The molecular formula is C16H16F2N2O2. The van der Waals surface area contributed by atoms with E-state index in [-0.39, 0.29) is 22.6 Å². The smallest absolute Gasteiger partial charge is 0.251 e. The summed E-state index contributed by atoms with van der Waals surface area (Å²) in [6.45, 7) is 7.11. The monoisotopic (exact) mass is 306 g/mol. The lowest BCUT2D eigenvalue weighted by Crippen LogP contribution is -2.26. The molecule has 0 aliphatic carbocycles. The van der Waals surface area contributed by atoms with Crippen molar-refractivity contribution < 1.29 is 18.4 Å². The number of hydrogen-bond acceptors (Lipinski definition) is 3. The predicted molar refractivity (Wildman–Crippen MR) is 81.8 cm³/mol. The second kappa shape index (κ2) is 7.31. The highest BCUT2D eigenvalue weighted by Gasteiger charge is 2.14. The number of carbonyl (C=O) groups is 2. The molecule has 0 radical (unpaired) electrons. The molecule has 0 saturated heterocycles. The van der Waals surface area contributed by atoms with E-state index in [1.807, 2.05) is 0 Å². The zero-order valence-corrected chi connectivity index (χ0v) is 12.1. The molecule has 0 aromatic heterocycles. The first-order valence-corrected chi connectivity index (χ1v) is 6.32. The van der Waals surface area contributed by atoms with Crippen molar-refractivity contribution in [1.82, 2.24) is 5.32 Å². The molecule has 22 heavy (non-hydrogen) atoms. The third-order valence-corrected chi connectivity index (χ3v) is 2.92. The largest absolute Gasteiger partial charge is 0.398 e. The Morgan fingerprint density at radius 2 is 2.00 bits per heavy atom. The van der Waals surface area contributed by atoms with Gasteiger partial charge < -0.3 is 11.1 Å². The third kappa shape index (κ3) is 4.12. The standard InChI is InChI=1S/C16H16F2N2O2/c1-4-14(18)13(9(2)17)8-20-16(22)11-5-6-15(19)12(7-11)10(3)21/h4-7H,1-2,8,19H2,3H3,(H,20,22)/b14-13+. The Balaban J connectivity index is 2.95. The molecule has 0 atom stereocenters. The van der Waals surface area contributed by atoms with Crippen molar-refractivity contribution in [3.05, 3.63) is 65.8 Å². The molecule has 0 saturated carbocycles. The summed E-state index contributed by atoms with van der Waals surface area (Å²) >= 11 is 0. The van der Waals surface area contributed by atoms with E-state index >= 15 is 0 Å². The van der Waals surface area contributed by atoms with E-state index in [4.69, 9.17) is 5.73 Å². The number of hydrogen-bond donors (Lipinski definition) is 2. The lowest BCUT2D eigenvalue weighted by Gasteiger charge is -2.09. The van der Waals surface area contributed by atoms with E-state index in [2.05, 4.69) is 18.5 Å². The number of nitrogens with one attached hydrogen (secondary N) is 1. The Morgan fingerprint density at radius 3 is 2.50 bits per heavy atom. The zero-order chi connectivity index (χ0) is 16.9. The maximum Gasteiger partial charge on any atom is 0.251 e. The molecule has 0 aliphatic heterocycles. The lowest BCUT2D eigenvalue weighted by atomic mass is 10.1. The quantitative estimate of drug-likeness (QED) is 0.482. The summed E-state index contributed by atoms with van der Waals surface area (Å²) < 4.78 is 26.5. The minimum absolute atomic E-state index is 0.155. The first kappa shape index (κ1) is 17.3. The number of ketones is 1. The molecule has 0 heterocycles. The molecule has 0 aliphatic rings. The molecule has 0 fully saturated rings. The minimum Gasteiger partial charge on any atom is -0.398 e. The SMILES string of the molecule is C=C/C(F)=C(/CNC(=O)c1ccc(N)c(C(C)=O)c1)C(=C)F. The van der Waals surface area contributed by atoms with Crippen molar-refractivity contribution in [3.8, 4) is 0 Å². The van der Waals surface area contributed by atoms with Gasteiger partial charge in [-0.3, -0.25) is 9.59 Å². The molecule has 1 aromatic rings. The Labute approximate surface area is 127 Å². The number of nitrogens with two attached hydrogens (primary N) is 1. The van der Waals surface area contributed by atoms with Crippen molar-refractivity contribution in [2.75, 3.05) is 12.3 Å². The number of halogens is 2. The van der Waals surface area contributed by atoms with Crippen LogP contribution in [0.2, 0.25) is 0 Å². The average Bonchev–Trinajstić information content (AvgIpc) is 2.46. The van der Waals surface area contributed by atoms with Gasteiger partial charge in [-0.2, -0.15) is 0 Å². The second-order valence-electron chi connectivity index (χ2n) is 4.48. The Bertz CT molecular complexity index is 679. The van der Waals surface area contributed by atoms with Crippen LogP contribution in [0.25, 0.3) is 0 Å². The van der Waals surface area contributed by atoms with Crippen molar-refractivity contribution in [1.29, 1.82) is 0 Å². The molecule has 1 rings (SSSR count). The van der Waals surface area contributed by atoms with Gasteiger partial charge in [-0.1, -0.05) is 13.2 Å². The number of rotatable bonds is 6. The first-order valence-electron chi connectivity index (χ1n) is 6.32. The van der Waals surface area contributed by atoms with Gasteiger partial charge in [0.25, 0.3) is 5.91 Å². The number of allylic oxidation sites excluding steroid dienone is 2. The first-order chi connectivity index (χ1) is 10.3. The lowest BCUT2D eigenvalue weighted by molar-refractivity contribution is 0.0957. The molecular weight excluding hydrogens is 290 g/mol. The van der Waals surface area contributed by atoms with Crippen LogP contribution < -0.4 is 11.1 Å². The fourth-order valence-corrected chi connectivity index (χ4v) is 1.71. The number of anilines is 1. The van der Waals surface area contributed by atoms with Crippen molar-refractivity contribution in [2.24, 2.45) is 0 Å². The van der Waals surface area contributed by atoms with Crippen molar-refractivity contribution in [3.63, 3.8) is 0 Å². The van der Waals surface area contributed by atoms with Crippen LogP contribution in [0.1, 0.15) is 27.6 Å². The van der Waals surface area contributed by atoms with E-state index in [0.29, 0.717) is 0 Å². The Morgan fingerprint density at radius 1 is 1.36 bits per heavy atom. The van der Waals surface area contributed by atoms with Crippen LogP contribution in [-0.2, 0) is 0 Å². The van der Waals surface area contributed by atoms with Gasteiger partial charge in [0, 0.05) is 28.9 Å². The van der Waals surface area contributed by atoms with Crippen LogP contribution in [0.4, 0.5) is 14.5 Å². The topological polar surface area (TPSA) is 72.2 Å². The highest BCUT2D eigenvalue weighted by atomic mass is 19.1. The molecule has 1 aromatic carbocycles. The second-order valence-corrected chi connectivity index (χ2v) is 4.48. The summed E-state index contributed by atoms with van der Waals surface area (Å²) in [7, 11) is 0. The molecule has 4 nitrogen and oxygen atoms in total. The van der Waals surface area contributed by atoms with E-state index < -0.39 is 29.7 Å². The Hall–Kier alpha value is -2.76. The molecule has 3 N–H and O–H groups in total. The number of nitrogen functional groups attached to an aromatic ring is 1. The van der Waals surface area contributed by atoms with Gasteiger partial charge in [-0.05, 0) is 31.2 Å². The van der Waals surface area contributed by atoms with Crippen LogP contribution >= 0.6 is 0 Å². The van der Waals surface area contributed by atoms with E-state index in [0.717, 1.165) is 6.08 Å². The summed E-state index contributed by atoms with van der Waals surface area (Å²) in [6, 6.07) is 4.15. The van der Waals surface area contributed by atoms with Crippen LogP contribution in [0, 0.1) is 0 Å². The summed E-state index contributed by atoms with van der Waals surface area (Å²) in [4.78, 5) is 23.4. The summed E-state index contributed by atoms with van der Waals surface area (Å²) in [5, 5.41) is 2.34. The van der Waals surface area contributed by atoms with Crippen LogP contribution in [0.15, 0.2) is 54.7 Å². The minimum atomic E-state index is -1.00. The molecule has 6 heteroatoms. The fraction of sp³-hybridized carbons (Fsp3) is 0.125. The van der Waals surface area contributed by atoms with Crippen LogP contribution in [0.5, 0.6) is 0 Å². The molecule has 0 spiro atoms. The number of Topliss-reactive ketones (excluding diaryl/α,β-unsaturated/α-hetero) is 1. The van der Waals surface area contributed by atoms with Gasteiger partial charge in [0.05, 0.1) is 0 Å². The molecule has 0 bridgehead atoms. The maximum atomic E-state index is 13.4. The van der Waals surface area contributed by atoms with Crippen molar-refractivity contribution in [2.45, 2.75) is 6.92 Å². The van der Waals surface area contributed by atoms with Gasteiger partial charge in [-0.15, -0.1) is 0 Å². The van der Waals surface area contributed by atoms with Gasteiger partial charge in [0.2, 0.25) is 0 Å². The third-order valence-electron chi connectivity index (χ3n) is 2.92. The molecule has 116 valence electrons. The molecule has 1 amide bonds. The molecule has 0 unspecified atom stereocenters. The zero-order valence-electron chi connectivity index (χ0n) is 12.1. The van der Waals surface area contributed by atoms with Gasteiger partial charge in [0.15, 0.2) is 5.78 Å². The van der Waals surface area contributed by atoms with Crippen LogP contribution in [0.3, 0.4) is 0 Å². The van der Waals surface area contributed by atoms with Gasteiger partial charge in [0.1, 0.15) is 11.7 Å². The van der Waals surface area contributed by atoms with Gasteiger partial charge in [-0.25, -0.2) is 8.78 Å². The van der Waals surface area contributed by atoms with Crippen molar-refractivity contribution >= 4 is 17.4 Å². The summed E-state index contributed by atoms with van der Waals surface area (Å²) in [5.74, 6) is -2.80. The van der Waals surface area contributed by atoms with Gasteiger partial charge >= 0.3 is 0 Å². The van der Waals surface area contributed by atoms with E-state index in [1.165, 1.54) is 25.1 Å². The highest BCUT2D eigenvalue weighted by molar-refractivity contribution is 6.03. The van der Waals surface area contributed by atoms with Crippen LogP contribution in [-0.4, -0.2) is 18.2 Å². The summed E-state index contributed by atoms with van der Waals surface area (Å²) in [6.07, 6.45) is 0.823. The number of benzene rings is 1. The highest BCUT2D eigenvalue weighted by Crippen LogP contribution is 2.17. The Kier molecular flexibility index (Phi) is 5.74. The van der Waals surface area contributed by atoms with E-state index in [1.54, 1.807) is 0 Å². The van der Waals surface area contributed by atoms with E-state index in [9.17, 15) is 18.4 Å². The summed E-state index contributed by atoms with van der Waals surface area (Å²) in [5.41, 5.74) is 5.84. The normalized spacial score (nSPS) is 11.4. The number of amides is 1. The fourth-order valence-electron chi connectivity index (χ4n) is 1.71. The number of carbonyl (C=O) groups excluding carboxylic acids is 2. The maximum absolute atomic E-state index is 13.4.